The molecule has 0 saturated carbocycles. The van der Waals surface area contributed by atoms with Gasteiger partial charge in [-0.3, -0.25) is 0 Å². The van der Waals surface area contributed by atoms with Gasteiger partial charge in [0, 0.05) is 31.4 Å². The van der Waals surface area contributed by atoms with Crippen molar-refractivity contribution in [3.05, 3.63) is 49.0 Å². The van der Waals surface area contributed by atoms with Gasteiger partial charge in [-0.2, -0.15) is 0 Å². The van der Waals surface area contributed by atoms with Crippen molar-refractivity contribution in [2.75, 3.05) is 5.32 Å². The van der Waals surface area contributed by atoms with E-state index < -0.39 is 5.97 Å². The molecule has 0 aliphatic heterocycles. The Morgan fingerprint density at radius 2 is 2.06 bits per heavy atom. The molecule has 0 bridgehead atoms. The summed E-state index contributed by atoms with van der Waals surface area (Å²) in [5.74, 6) is -0.939. The maximum absolute atomic E-state index is 11.1. The molecular weight excluding hydrogens is 382 g/mol. The third-order valence-electron chi connectivity index (χ3n) is 2.29. The number of anilines is 1. The number of carboxylic acid groups (broad SMARTS) is 1. The van der Waals surface area contributed by atoms with Crippen LogP contribution in [0.4, 0.5) is 5.69 Å². The van der Waals surface area contributed by atoms with E-state index in [1.165, 1.54) is 0 Å². The molecule has 94 valence electrons. The molecule has 0 aliphatic carbocycles. The fourth-order valence-corrected chi connectivity index (χ4v) is 3.23. The second-order valence-corrected chi connectivity index (χ2v) is 6.41. The van der Waals surface area contributed by atoms with E-state index in [4.69, 9.17) is 5.11 Å². The number of hydrogen-bond donors (Lipinski definition) is 2. The lowest BCUT2D eigenvalue weighted by molar-refractivity contribution is 0.0698. The smallest absolute Gasteiger partial charge is 0.337 e. The van der Waals surface area contributed by atoms with Gasteiger partial charge in [0.2, 0.25) is 0 Å². The van der Waals surface area contributed by atoms with Crippen molar-refractivity contribution in [3.63, 3.8) is 0 Å². The predicted octanol–water partition coefficient (Wildman–Crippen LogP) is 4.58. The second-order valence-electron chi connectivity index (χ2n) is 3.58. The van der Waals surface area contributed by atoms with Crippen LogP contribution in [0.15, 0.2) is 38.6 Å². The summed E-state index contributed by atoms with van der Waals surface area (Å²) in [6.45, 7) is 0.609. The zero-order chi connectivity index (χ0) is 13.1. The van der Waals surface area contributed by atoms with Gasteiger partial charge in [0.1, 0.15) is 0 Å². The summed E-state index contributed by atoms with van der Waals surface area (Å²) in [6, 6.07) is 7.18. The fourth-order valence-electron chi connectivity index (χ4n) is 1.48. The Morgan fingerprint density at radius 3 is 2.67 bits per heavy atom. The zero-order valence-corrected chi connectivity index (χ0v) is 13.1. The number of carbonyl (C=O) groups is 1. The first-order valence-corrected chi connectivity index (χ1v) is 7.52. The average molecular weight is 391 g/mol. The van der Waals surface area contributed by atoms with Gasteiger partial charge in [-0.15, -0.1) is 11.3 Å². The van der Waals surface area contributed by atoms with Gasteiger partial charge in [0.15, 0.2) is 0 Å². The van der Waals surface area contributed by atoms with E-state index in [9.17, 15) is 4.79 Å². The SMILES string of the molecule is O=C(O)c1cc(Br)ccc1NCc1cc(Br)cs1. The van der Waals surface area contributed by atoms with E-state index in [1.54, 1.807) is 23.5 Å². The van der Waals surface area contributed by atoms with Crippen LogP contribution in [0.3, 0.4) is 0 Å². The molecule has 18 heavy (non-hydrogen) atoms. The van der Waals surface area contributed by atoms with Gasteiger partial charge in [0.25, 0.3) is 0 Å². The molecule has 2 N–H and O–H groups in total. The van der Waals surface area contributed by atoms with Crippen molar-refractivity contribution in [2.45, 2.75) is 6.54 Å². The molecule has 0 unspecified atom stereocenters. The van der Waals surface area contributed by atoms with E-state index in [1.807, 2.05) is 17.5 Å². The van der Waals surface area contributed by atoms with Crippen LogP contribution in [0.1, 0.15) is 15.2 Å². The highest BCUT2D eigenvalue weighted by Gasteiger charge is 2.10. The van der Waals surface area contributed by atoms with Crippen molar-refractivity contribution < 1.29 is 9.90 Å². The summed E-state index contributed by atoms with van der Waals surface area (Å²) >= 11 is 8.28. The summed E-state index contributed by atoms with van der Waals surface area (Å²) < 4.78 is 1.79. The van der Waals surface area contributed by atoms with Crippen molar-refractivity contribution >= 4 is 54.9 Å². The minimum Gasteiger partial charge on any atom is -0.478 e. The highest BCUT2D eigenvalue weighted by atomic mass is 79.9. The lowest BCUT2D eigenvalue weighted by Crippen LogP contribution is -2.05. The molecule has 3 nitrogen and oxygen atoms in total. The number of thiophene rings is 1. The lowest BCUT2D eigenvalue weighted by Gasteiger charge is -2.08. The van der Waals surface area contributed by atoms with Crippen molar-refractivity contribution in [3.8, 4) is 0 Å². The monoisotopic (exact) mass is 389 g/mol. The molecule has 0 amide bonds. The normalized spacial score (nSPS) is 10.3. The van der Waals surface area contributed by atoms with Crippen LogP contribution in [-0.4, -0.2) is 11.1 Å². The largest absolute Gasteiger partial charge is 0.478 e. The molecule has 0 saturated heterocycles. The van der Waals surface area contributed by atoms with E-state index >= 15 is 0 Å². The van der Waals surface area contributed by atoms with Crippen LogP contribution in [0.25, 0.3) is 0 Å². The Bertz CT molecular complexity index is 583. The first-order chi connectivity index (χ1) is 8.56. The van der Waals surface area contributed by atoms with Crippen LogP contribution in [0, 0.1) is 0 Å². The van der Waals surface area contributed by atoms with Crippen LogP contribution < -0.4 is 5.32 Å². The van der Waals surface area contributed by atoms with E-state index in [-0.39, 0.29) is 5.56 Å². The standard InChI is InChI=1S/C12H9Br2NO2S/c13-7-1-2-11(10(4-7)12(16)17)15-5-9-3-8(14)6-18-9/h1-4,6,15H,5H2,(H,16,17). The maximum atomic E-state index is 11.1. The quantitative estimate of drug-likeness (QED) is 0.802. The van der Waals surface area contributed by atoms with E-state index in [0.717, 1.165) is 13.8 Å². The topological polar surface area (TPSA) is 49.3 Å². The molecule has 1 aromatic heterocycles. The number of carboxylic acids is 1. The van der Waals surface area contributed by atoms with Crippen molar-refractivity contribution in [1.82, 2.24) is 0 Å². The Kier molecular flexibility index (Phi) is 4.42. The van der Waals surface area contributed by atoms with Gasteiger partial charge in [0.05, 0.1) is 5.56 Å². The number of hydrogen-bond acceptors (Lipinski definition) is 3. The van der Waals surface area contributed by atoms with E-state index in [2.05, 4.69) is 37.2 Å². The highest BCUT2D eigenvalue weighted by Crippen LogP contribution is 2.24. The third-order valence-corrected chi connectivity index (χ3v) is 4.48. The summed E-state index contributed by atoms with van der Waals surface area (Å²) in [6.07, 6.45) is 0. The van der Waals surface area contributed by atoms with Gasteiger partial charge >= 0.3 is 5.97 Å². The van der Waals surface area contributed by atoms with Gasteiger partial charge in [-0.25, -0.2) is 4.79 Å². The molecule has 1 heterocycles. The Morgan fingerprint density at radius 1 is 1.28 bits per heavy atom. The average Bonchev–Trinajstić information content (AvgIpc) is 2.73. The molecule has 2 aromatic rings. The Labute approximate surface area is 125 Å². The predicted molar refractivity (Wildman–Crippen MR) is 80.4 cm³/mol. The van der Waals surface area contributed by atoms with Gasteiger partial charge in [-0.05, 0) is 40.2 Å². The molecule has 0 aliphatic rings. The third kappa shape index (κ3) is 3.34. The second kappa shape index (κ2) is 5.86. The molecule has 0 atom stereocenters. The van der Waals surface area contributed by atoms with Crippen LogP contribution in [0.5, 0.6) is 0 Å². The van der Waals surface area contributed by atoms with Crippen LogP contribution in [0.2, 0.25) is 0 Å². The molecule has 0 fully saturated rings. The first-order valence-electron chi connectivity index (χ1n) is 5.06. The first kappa shape index (κ1) is 13.6. The molecule has 6 heteroatoms. The summed E-state index contributed by atoms with van der Waals surface area (Å²) in [5, 5.41) is 14.3. The van der Waals surface area contributed by atoms with Crippen LogP contribution in [-0.2, 0) is 6.54 Å². The Hall–Kier alpha value is -0.850. The van der Waals surface area contributed by atoms with Crippen molar-refractivity contribution in [2.24, 2.45) is 0 Å². The van der Waals surface area contributed by atoms with E-state index in [0.29, 0.717) is 12.2 Å². The number of halogens is 2. The maximum Gasteiger partial charge on any atom is 0.337 e. The highest BCUT2D eigenvalue weighted by molar-refractivity contribution is 9.10. The fraction of sp³-hybridized carbons (Fsp3) is 0.0833. The minimum atomic E-state index is -0.939. The number of benzene rings is 1. The number of rotatable bonds is 4. The van der Waals surface area contributed by atoms with Crippen LogP contribution >= 0.6 is 43.2 Å². The summed E-state index contributed by atoms with van der Waals surface area (Å²) in [4.78, 5) is 12.3. The number of aromatic carboxylic acids is 1. The number of nitrogens with one attached hydrogen (secondary N) is 1. The molecule has 0 spiro atoms. The molecular formula is C12H9Br2NO2S. The summed E-state index contributed by atoms with van der Waals surface area (Å²) in [7, 11) is 0. The van der Waals surface area contributed by atoms with Crippen molar-refractivity contribution in [1.29, 1.82) is 0 Å². The van der Waals surface area contributed by atoms with Gasteiger partial charge < -0.3 is 10.4 Å². The zero-order valence-electron chi connectivity index (χ0n) is 9.11. The molecule has 2 rings (SSSR count). The Balaban J connectivity index is 2.16. The lowest BCUT2D eigenvalue weighted by atomic mass is 10.2. The molecule has 0 radical (unpaired) electrons. The minimum absolute atomic E-state index is 0.264. The summed E-state index contributed by atoms with van der Waals surface area (Å²) in [5.41, 5.74) is 0.884. The van der Waals surface area contributed by atoms with Gasteiger partial charge in [-0.1, -0.05) is 15.9 Å². The molecule has 1 aromatic carbocycles.